The van der Waals surface area contributed by atoms with Gasteiger partial charge in [0, 0.05) is 6.42 Å². The molecular weight excluding hydrogens is 222 g/mol. The van der Waals surface area contributed by atoms with E-state index in [9.17, 15) is 4.79 Å². The number of nitrogen functional groups attached to an aromatic ring is 1. The number of nitrogens with two attached hydrogens (primary N) is 1. The van der Waals surface area contributed by atoms with Crippen LogP contribution in [-0.2, 0) is 4.74 Å². The van der Waals surface area contributed by atoms with Crippen molar-refractivity contribution in [3.8, 4) is 5.75 Å². The number of methoxy groups -OCH3 is 1. The number of esters is 1. The predicted octanol–water partition coefficient (Wildman–Crippen LogP) is 1.21. The third-order valence-corrected chi connectivity index (χ3v) is 2.23. The topological polar surface area (TPSA) is 81.8 Å². The molecule has 0 amide bonds. The zero-order chi connectivity index (χ0) is 12.8. The van der Waals surface area contributed by atoms with Gasteiger partial charge in [0.15, 0.2) is 0 Å². The van der Waals surface area contributed by atoms with Crippen molar-refractivity contribution in [3.63, 3.8) is 0 Å². The quantitative estimate of drug-likeness (QED) is 0.596. The van der Waals surface area contributed by atoms with Crippen LogP contribution in [0.2, 0.25) is 0 Å². The Labute approximate surface area is 100 Å². The molecule has 0 heterocycles. The number of anilines is 1. The Bertz CT molecular complexity index is 390. The maximum Gasteiger partial charge on any atom is 0.338 e. The first-order valence-electron chi connectivity index (χ1n) is 5.33. The van der Waals surface area contributed by atoms with E-state index in [4.69, 9.17) is 20.3 Å². The van der Waals surface area contributed by atoms with Crippen LogP contribution in [0.5, 0.6) is 5.75 Å². The monoisotopic (exact) mass is 239 g/mol. The van der Waals surface area contributed by atoms with Crippen molar-refractivity contribution in [1.82, 2.24) is 0 Å². The molecule has 0 aliphatic carbocycles. The number of hydrogen-bond acceptors (Lipinski definition) is 5. The van der Waals surface area contributed by atoms with Gasteiger partial charge in [-0.1, -0.05) is 0 Å². The normalized spacial score (nSPS) is 11.9. The first-order valence-corrected chi connectivity index (χ1v) is 5.33. The molecule has 1 atom stereocenters. The lowest BCUT2D eigenvalue weighted by Gasteiger charge is -2.08. The first kappa shape index (κ1) is 13.3. The first-order chi connectivity index (χ1) is 8.04. The lowest BCUT2D eigenvalue weighted by atomic mass is 10.2. The second-order valence-electron chi connectivity index (χ2n) is 3.73. The summed E-state index contributed by atoms with van der Waals surface area (Å²) >= 11 is 0. The van der Waals surface area contributed by atoms with Crippen molar-refractivity contribution >= 4 is 11.7 Å². The minimum atomic E-state index is -0.483. The van der Waals surface area contributed by atoms with Gasteiger partial charge in [0.25, 0.3) is 0 Å². The summed E-state index contributed by atoms with van der Waals surface area (Å²) in [6.45, 7) is 1.82. The van der Waals surface area contributed by atoms with E-state index >= 15 is 0 Å². The number of benzene rings is 1. The van der Waals surface area contributed by atoms with E-state index in [0.29, 0.717) is 23.4 Å². The largest absolute Gasteiger partial charge is 0.495 e. The average Bonchev–Trinajstić information content (AvgIpc) is 2.28. The van der Waals surface area contributed by atoms with Crippen LogP contribution in [0.15, 0.2) is 18.2 Å². The molecule has 1 unspecified atom stereocenters. The van der Waals surface area contributed by atoms with E-state index in [1.165, 1.54) is 13.2 Å². The van der Waals surface area contributed by atoms with Gasteiger partial charge >= 0.3 is 5.97 Å². The summed E-state index contributed by atoms with van der Waals surface area (Å²) in [6.07, 6.45) is -0.0686. The molecule has 3 N–H and O–H groups in total. The lowest BCUT2D eigenvalue weighted by molar-refractivity contribution is 0.0444. The van der Waals surface area contributed by atoms with Gasteiger partial charge in [-0.3, -0.25) is 0 Å². The SMILES string of the molecule is COc1ccc(C(=O)OCCC(C)O)cc1N. The van der Waals surface area contributed by atoms with Crippen LogP contribution >= 0.6 is 0 Å². The number of aliphatic hydroxyl groups is 1. The maximum atomic E-state index is 11.6. The fraction of sp³-hybridized carbons (Fsp3) is 0.417. The van der Waals surface area contributed by atoms with Gasteiger partial charge in [-0.05, 0) is 25.1 Å². The highest BCUT2D eigenvalue weighted by Gasteiger charge is 2.10. The molecule has 5 heteroatoms. The molecule has 0 fully saturated rings. The molecule has 0 bridgehead atoms. The van der Waals surface area contributed by atoms with Crippen molar-refractivity contribution in [2.45, 2.75) is 19.4 Å². The molecular formula is C12H17NO4. The standard InChI is InChI=1S/C12H17NO4/c1-8(14)5-6-17-12(15)9-3-4-11(16-2)10(13)7-9/h3-4,7-8,14H,5-6,13H2,1-2H3. The number of hydrogen-bond donors (Lipinski definition) is 2. The highest BCUT2D eigenvalue weighted by Crippen LogP contribution is 2.22. The third kappa shape index (κ3) is 3.96. The Morgan fingerprint density at radius 2 is 2.24 bits per heavy atom. The van der Waals surface area contributed by atoms with Gasteiger partial charge in [0.2, 0.25) is 0 Å². The van der Waals surface area contributed by atoms with Crippen molar-refractivity contribution in [2.24, 2.45) is 0 Å². The Hall–Kier alpha value is -1.75. The third-order valence-electron chi connectivity index (χ3n) is 2.23. The van der Waals surface area contributed by atoms with Crippen LogP contribution in [0, 0.1) is 0 Å². The molecule has 0 aliphatic heterocycles. The summed E-state index contributed by atoms with van der Waals surface area (Å²) in [5.41, 5.74) is 6.43. The van der Waals surface area contributed by atoms with Crippen LogP contribution in [0.1, 0.15) is 23.7 Å². The Kier molecular flexibility index (Phi) is 4.78. The van der Waals surface area contributed by atoms with E-state index < -0.39 is 12.1 Å². The Morgan fingerprint density at radius 3 is 2.76 bits per heavy atom. The highest BCUT2D eigenvalue weighted by molar-refractivity contribution is 5.91. The maximum absolute atomic E-state index is 11.6. The number of carbonyl (C=O) groups is 1. The van der Waals surface area contributed by atoms with Crippen LogP contribution < -0.4 is 10.5 Å². The summed E-state index contributed by atoms with van der Waals surface area (Å²) < 4.78 is 9.95. The summed E-state index contributed by atoms with van der Waals surface area (Å²) in [5, 5.41) is 9.02. The lowest BCUT2D eigenvalue weighted by Crippen LogP contribution is -2.11. The van der Waals surface area contributed by atoms with Crippen LogP contribution in [0.25, 0.3) is 0 Å². The van der Waals surface area contributed by atoms with Crippen molar-refractivity contribution in [3.05, 3.63) is 23.8 Å². The van der Waals surface area contributed by atoms with Crippen LogP contribution in [0.3, 0.4) is 0 Å². The molecule has 1 aromatic rings. The van der Waals surface area contributed by atoms with Gasteiger partial charge in [-0.15, -0.1) is 0 Å². The zero-order valence-electron chi connectivity index (χ0n) is 9.97. The summed E-state index contributed by atoms with van der Waals surface area (Å²) in [4.78, 5) is 11.6. The zero-order valence-corrected chi connectivity index (χ0v) is 9.97. The molecule has 0 aliphatic rings. The molecule has 0 saturated carbocycles. The van der Waals surface area contributed by atoms with Crippen molar-refractivity contribution in [2.75, 3.05) is 19.5 Å². The van der Waals surface area contributed by atoms with Gasteiger partial charge in [0.1, 0.15) is 5.75 Å². The van der Waals surface area contributed by atoms with Gasteiger partial charge in [0.05, 0.1) is 31.1 Å². The van der Waals surface area contributed by atoms with Crippen LogP contribution in [0.4, 0.5) is 5.69 Å². The van der Waals surface area contributed by atoms with Gasteiger partial charge in [-0.25, -0.2) is 4.79 Å². The minimum absolute atomic E-state index is 0.183. The van der Waals surface area contributed by atoms with E-state index in [1.54, 1.807) is 19.1 Å². The number of rotatable bonds is 5. The molecule has 0 radical (unpaired) electrons. The highest BCUT2D eigenvalue weighted by atomic mass is 16.5. The molecule has 0 spiro atoms. The molecule has 0 aromatic heterocycles. The van der Waals surface area contributed by atoms with Gasteiger partial charge in [-0.2, -0.15) is 0 Å². The summed E-state index contributed by atoms with van der Waals surface area (Å²) in [7, 11) is 1.51. The van der Waals surface area contributed by atoms with Gasteiger partial charge < -0.3 is 20.3 Å². The molecule has 17 heavy (non-hydrogen) atoms. The molecule has 94 valence electrons. The summed E-state index contributed by atoms with van der Waals surface area (Å²) in [5.74, 6) is 0.0607. The smallest absolute Gasteiger partial charge is 0.338 e. The molecule has 1 aromatic carbocycles. The fourth-order valence-electron chi connectivity index (χ4n) is 1.27. The second-order valence-corrected chi connectivity index (χ2v) is 3.73. The van der Waals surface area contributed by atoms with E-state index in [2.05, 4.69) is 0 Å². The Balaban J connectivity index is 2.60. The summed E-state index contributed by atoms with van der Waals surface area (Å²) in [6, 6.07) is 4.70. The van der Waals surface area contributed by atoms with Crippen molar-refractivity contribution in [1.29, 1.82) is 0 Å². The predicted molar refractivity (Wildman–Crippen MR) is 64.0 cm³/mol. The Morgan fingerprint density at radius 1 is 1.53 bits per heavy atom. The fourth-order valence-corrected chi connectivity index (χ4v) is 1.27. The molecule has 1 rings (SSSR count). The second kappa shape index (κ2) is 6.10. The average molecular weight is 239 g/mol. The van der Waals surface area contributed by atoms with E-state index in [0.717, 1.165) is 0 Å². The number of carbonyl (C=O) groups excluding carboxylic acids is 1. The molecule has 5 nitrogen and oxygen atoms in total. The van der Waals surface area contributed by atoms with E-state index in [-0.39, 0.29) is 6.61 Å². The van der Waals surface area contributed by atoms with Crippen LogP contribution in [-0.4, -0.2) is 30.9 Å². The van der Waals surface area contributed by atoms with Crippen molar-refractivity contribution < 1.29 is 19.4 Å². The number of aliphatic hydroxyl groups excluding tert-OH is 1. The molecule has 0 saturated heterocycles. The minimum Gasteiger partial charge on any atom is -0.495 e. The van der Waals surface area contributed by atoms with E-state index in [1.807, 2.05) is 0 Å². The number of ether oxygens (including phenoxy) is 2.